The van der Waals surface area contributed by atoms with Crippen LogP contribution in [-0.4, -0.2) is 48.4 Å². The maximum atomic E-state index is 11.9. The second kappa shape index (κ2) is 8.75. The summed E-state index contributed by atoms with van der Waals surface area (Å²) in [6, 6.07) is 3.24. The number of esters is 1. The number of phenolic OH excluding ortho intramolecular Hbond substituents is 1. The number of nitrogens with zero attached hydrogens (tertiary/aromatic N) is 1. The Bertz CT molecular complexity index is 911. The van der Waals surface area contributed by atoms with Gasteiger partial charge in [0, 0.05) is 37.5 Å². The van der Waals surface area contributed by atoms with E-state index in [1.165, 1.54) is 6.07 Å². The van der Waals surface area contributed by atoms with Crippen molar-refractivity contribution < 1.29 is 23.8 Å². The van der Waals surface area contributed by atoms with Crippen molar-refractivity contribution in [2.24, 2.45) is 0 Å². The topological polar surface area (TPSA) is 89.2 Å². The maximum Gasteiger partial charge on any atom is 0.336 e. The number of morpholine rings is 1. The Labute approximate surface area is 163 Å². The smallest absolute Gasteiger partial charge is 0.336 e. The fourth-order valence-electron chi connectivity index (χ4n) is 3.44. The summed E-state index contributed by atoms with van der Waals surface area (Å²) in [7, 11) is 0. The zero-order chi connectivity index (χ0) is 20.3. The van der Waals surface area contributed by atoms with Gasteiger partial charge in [0.1, 0.15) is 11.3 Å². The Morgan fingerprint density at radius 2 is 2.00 bits per heavy atom. The molecule has 152 valence electrons. The van der Waals surface area contributed by atoms with Crippen molar-refractivity contribution in [2.45, 2.75) is 46.3 Å². The Hall–Kier alpha value is -2.38. The molecule has 0 radical (unpaired) electrons. The van der Waals surface area contributed by atoms with E-state index in [2.05, 4.69) is 4.90 Å². The zero-order valence-corrected chi connectivity index (χ0v) is 16.6. The summed E-state index contributed by atoms with van der Waals surface area (Å²) in [5, 5.41) is 11.7. The third-order valence-electron chi connectivity index (χ3n) is 4.84. The Morgan fingerprint density at radius 1 is 1.29 bits per heavy atom. The maximum absolute atomic E-state index is 11.9. The van der Waals surface area contributed by atoms with E-state index in [1.54, 1.807) is 19.9 Å². The van der Waals surface area contributed by atoms with Gasteiger partial charge in [-0.3, -0.25) is 9.69 Å². The van der Waals surface area contributed by atoms with E-state index < -0.39 is 5.63 Å². The van der Waals surface area contributed by atoms with Crippen molar-refractivity contribution in [3.63, 3.8) is 0 Å². The number of carbonyl (C=O) groups is 1. The van der Waals surface area contributed by atoms with E-state index >= 15 is 0 Å². The fraction of sp³-hybridized carbons (Fsp3) is 0.524. The van der Waals surface area contributed by atoms with Gasteiger partial charge >= 0.3 is 11.6 Å². The minimum absolute atomic E-state index is 0.0742. The van der Waals surface area contributed by atoms with Gasteiger partial charge in [0.2, 0.25) is 0 Å². The van der Waals surface area contributed by atoms with Gasteiger partial charge in [-0.25, -0.2) is 4.79 Å². The largest absolute Gasteiger partial charge is 0.507 e. The summed E-state index contributed by atoms with van der Waals surface area (Å²) in [5.41, 5.74) is 1.96. The third-order valence-corrected chi connectivity index (χ3v) is 4.84. The molecule has 0 atom stereocenters. The standard InChI is InChI=1S/C21H27NO6/c1-13(2)27-18(23)5-4-15-11-16-14(3)10-19(24)28-21(16)17(20(15)25)12-22-6-8-26-9-7-22/h10-11,13,25H,4-9,12H2,1-3H3. The predicted octanol–water partition coefficient (Wildman–Crippen LogP) is 2.52. The van der Waals surface area contributed by atoms with Crippen LogP contribution in [-0.2, 0) is 27.2 Å². The molecule has 3 rings (SSSR count). The van der Waals surface area contributed by atoms with Crippen molar-refractivity contribution in [2.75, 3.05) is 26.3 Å². The molecule has 2 aromatic rings. The van der Waals surface area contributed by atoms with Crippen LogP contribution in [0.4, 0.5) is 0 Å². The first-order valence-corrected chi connectivity index (χ1v) is 9.63. The lowest BCUT2D eigenvalue weighted by atomic mass is 9.98. The highest BCUT2D eigenvalue weighted by Gasteiger charge is 2.21. The Morgan fingerprint density at radius 3 is 2.68 bits per heavy atom. The molecule has 1 fully saturated rings. The highest BCUT2D eigenvalue weighted by Crippen LogP contribution is 2.34. The molecule has 0 unspecified atom stereocenters. The highest BCUT2D eigenvalue weighted by molar-refractivity contribution is 5.86. The number of hydrogen-bond acceptors (Lipinski definition) is 7. The van der Waals surface area contributed by atoms with E-state index in [0.717, 1.165) is 24.0 Å². The summed E-state index contributed by atoms with van der Waals surface area (Å²) in [6.07, 6.45) is 0.345. The van der Waals surface area contributed by atoms with E-state index in [9.17, 15) is 14.7 Å². The number of benzene rings is 1. The van der Waals surface area contributed by atoms with Crippen molar-refractivity contribution in [1.82, 2.24) is 4.90 Å². The number of phenols is 1. The monoisotopic (exact) mass is 389 g/mol. The number of carbonyl (C=O) groups excluding carboxylic acids is 1. The minimum Gasteiger partial charge on any atom is -0.507 e. The molecular weight excluding hydrogens is 362 g/mol. The van der Waals surface area contributed by atoms with Crippen LogP contribution in [0.25, 0.3) is 11.0 Å². The van der Waals surface area contributed by atoms with Crippen LogP contribution in [0.15, 0.2) is 21.3 Å². The molecule has 1 N–H and O–H groups in total. The fourth-order valence-corrected chi connectivity index (χ4v) is 3.44. The molecule has 7 nitrogen and oxygen atoms in total. The lowest BCUT2D eigenvalue weighted by Crippen LogP contribution is -2.35. The molecule has 1 aliphatic heterocycles. The average molecular weight is 389 g/mol. The lowest BCUT2D eigenvalue weighted by Gasteiger charge is -2.27. The van der Waals surface area contributed by atoms with Crippen molar-refractivity contribution >= 4 is 16.9 Å². The van der Waals surface area contributed by atoms with Crippen LogP contribution in [0.2, 0.25) is 0 Å². The number of fused-ring (bicyclic) bond motifs is 1. The Balaban J connectivity index is 1.98. The molecule has 1 aromatic heterocycles. The molecule has 28 heavy (non-hydrogen) atoms. The molecular formula is C21H27NO6. The molecule has 0 amide bonds. The molecule has 0 bridgehead atoms. The van der Waals surface area contributed by atoms with Crippen LogP contribution in [0.5, 0.6) is 5.75 Å². The summed E-state index contributed by atoms with van der Waals surface area (Å²) < 4.78 is 16.0. The van der Waals surface area contributed by atoms with Crippen LogP contribution >= 0.6 is 0 Å². The summed E-state index contributed by atoms with van der Waals surface area (Å²) in [5.74, 6) is -0.231. The predicted molar refractivity (Wildman–Crippen MR) is 105 cm³/mol. The molecule has 0 spiro atoms. The summed E-state index contributed by atoms with van der Waals surface area (Å²) in [6.45, 7) is 8.62. The first kappa shape index (κ1) is 20.4. The number of aromatic hydroxyl groups is 1. The number of ether oxygens (including phenoxy) is 2. The molecule has 7 heteroatoms. The first-order valence-electron chi connectivity index (χ1n) is 9.63. The minimum atomic E-state index is -0.444. The summed E-state index contributed by atoms with van der Waals surface area (Å²) in [4.78, 5) is 26.0. The van der Waals surface area contributed by atoms with Gasteiger partial charge in [0.05, 0.1) is 24.9 Å². The van der Waals surface area contributed by atoms with Crippen LogP contribution in [0.3, 0.4) is 0 Å². The molecule has 1 aromatic carbocycles. The van der Waals surface area contributed by atoms with Gasteiger partial charge in [0.15, 0.2) is 0 Å². The van der Waals surface area contributed by atoms with Gasteiger partial charge in [-0.2, -0.15) is 0 Å². The van der Waals surface area contributed by atoms with Crippen LogP contribution in [0, 0.1) is 6.92 Å². The zero-order valence-electron chi connectivity index (χ0n) is 16.6. The van der Waals surface area contributed by atoms with Gasteiger partial charge in [-0.05, 0) is 44.4 Å². The average Bonchev–Trinajstić information content (AvgIpc) is 2.63. The van der Waals surface area contributed by atoms with E-state index in [0.29, 0.717) is 42.9 Å². The van der Waals surface area contributed by atoms with Crippen molar-refractivity contribution in [3.8, 4) is 5.75 Å². The number of hydrogen-bond donors (Lipinski definition) is 1. The number of aryl methyl sites for hydroxylation is 2. The molecule has 1 aliphatic rings. The van der Waals surface area contributed by atoms with Crippen LogP contribution in [0.1, 0.15) is 37.0 Å². The summed E-state index contributed by atoms with van der Waals surface area (Å²) >= 11 is 0. The van der Waals surface area contributed by atoms with Gasteiger partial charge in [-0.1, -0.05) is 0 Å². The van der Waals surface area contributed by atoms with Gasteiger partial charge in [-0.15, -0.1) is 0 Å². The SMILES string of the molecule is Cc1cc(=O)oc2c(CN3CCOCC3)c(O)c(CCC(=O)OC(C)C)cc12. The van der Waals surface area contributed by atoms with E-state index in [-0.39, 0.29) is 24.2 Å². The van der Waals surface area contributed by atoms with E-state index in [1.807, 2.05) is 6.92 Å². The molecule has 1 saturated heterocycles. The first-order chi connectivity index (χ1) is 13.3. The van der Waals surface area contributed by atoms with Crippen molar-refractivity contribution in [3.05, 3.63) is 39.2 Å². The normalized spacial score (nSPS) is 15.3. The van der Waals surface area contributed by atoms with E-state index in [4.69, 9.17) is 13.9 Å². The van der Waals surface area contributed by atoms with Crippen molar-refractivity contribution in [1.29, 1.82) is 0 Å². The van der Waals surface area contributed by atoms with Gasteiger partial charge < -0.3 is 19.0 Å². The molecule has 2 heterocycles. The second-order valence-electron chi connectivity index (χ2n) is 7.42. The quantitative estimate of drug-likeness (QED) is 0.600. The molecule has 0 saturated carbocycles. The molecule has 0 aliphatic carbocycles. The highest BCUT2D eigenvalue weighted by atomic mass is 16.5. The third kappa shape index (κ3) is 4.72. The lowest BCUT2D eigenvalue weighted by molar-refractivity contribution is -0.147. The van der Waals surface area contributed by atoms with Crippen LogP contribution < -0.4 is 5.63 Å². The second-order valence-corrected chi connectivity index (χ2v) is 7.42. The number of rotatable bonds is 6. The van der Waals surface area contributed by atoms with Gasteiger partial charge in [0.25, 0.3) is 0 Å². The Kier molecular flexibility index (Phi) is 6.36.